The molecule has 1 saturated heterocycles. The smallest absolute Gasteiger partial charge is 0.251 e. The van der Waals surface area contributed by atoms with Crippen LogP contribution in [0.5, 0.6) is 0 Å². The zero-order valence-corrected chi connectivity index (χ0v) is 11.8. The van der Waals surface area contributed by atoms with Crippen molar-refractivity contribution in [3.8, 4) is 0 Å². The zero-order chi connectivity index (χ0) is 13.8. The second kappa shape index (κ2) is 6.06. The zero-order valence-electron chi connectivity index (χ0n) is 11.0. The van der Waals surface area contributed by atoms with Gasteiger partial charge in [0.2, 0.25) is 0 Å². The fourth-order valence-corrected chi connectivity index (χ4v) is 3.18. The van der Waals surface area contributed by atoms with E-state index in [9.17, 15) is 9.00 Å². The maximum absolute atomic E-state index is 11.7. The minimum absolute atomic E-state index is 0.111. The van der Waals surface area contributed by atoms with Crippen molar-refractivity contribution in [1.29, 1.82) is 0 Å². The highest BCUT2D eigenvalue weighted by Crippen LogP contribution is 2.25. The number of nitrogens with one attached hydrogen (secondary N) is 1. The first-order valence-corrected chi connectivity index (χ1v) is 7.88. The molecule has 104 valence electrons. The third kappa shape index (κ3) is 3.26. The van der Waals surface area contributed by atoms with Gasteiger partial charge < -0.3 is 16.0 Å². The molecule has 0 atom stereocenters. The van der Waals surface area contributed by atoms with Crippen molar-refractivity contribution in [2.75, 3.05) is 41.8 Å². The van der Waals surface area contributed by atoms with Crippen LogP contribution >= 0.6 is 0 Å². The average molecular weight is 281 g/mol. The van der Waals surface area contributed by atoms with Crippen LogP contribution in [0.25, 0.3) is 0 Å². The fourth-order valence-electron chi connectivity index (χ4n) is 2.13. The van der Waals surface area contributed by atoms with E-state index in [1.165, 1.54) is 0 Å². The van der Waals surface area contributed by atoms with E-state index in [-0.39, 0.29) is 5.91 Å². The van der Waals surface area contributed by atoms with Crippen LogP contribution in [-0.4, -0.2) is 41.3 Å². The first-order chi connectivity index (χ1) is 9.11. The van der Waals surface area contributed by atoms with Crippen molar-refractivity contribution in [3.05, 3.63) is 23.8 Å². The lowest BCUT2D eigenvalue weighted by molar-refractivity contribution is 0.0956. The van der Waals surface area contributed by atoms with Crippen LogP contribution in [-0.2, 0) is 10.8 Å². The Morgan fingerprint density at radius 1 is 1.42 bits per heavy atom. The van der Waals surface area contributed by atoms with Crippen LogP contribution in [0.4, 0.5) is 11.4 Å². The molecule has 0 aromatic heterocycles. The van der Waals surface area contributed by atoms with E-state index in [4.69, 9.17) is 5.73 Å². The standard InChI is InChI=1S/C13H19N3O2S/c1-2-15-13(17)10-3-4-12(11(14)9-10)16-5-7-19(18)8-6-16/h3-4,9H,2,5-8,14H2,1H3,(H,15,17). The average Bonchev–Trinajstić information content (AvgIpc) is 2.40. The number of nitrogens with zero attached hydrogens (tertiary/aromatic N) is 1. The molecule has 3 N–H and O–H groups in total. The summed E-state index contributed by atoms with van der Waals surface area (Å²) in [5.74, 6) is 1.25. The molecule has 0 aliphatic carbocycles. The van der Waals surface area contributed by atoms with Crippen molar-refractivity contribution < 1.29 is 9.00 Å². The molecular formula is C13H19N3O2S. The molecule has 1 aromatic rings. The van der Waals surface area contributed by atoms with Gasteiger partial charge >= 0.3 is 0 Å². The molecule has 2 rings (SSSR count). The Morgan fingerprint density at radius 3 is 2.68 bits per heavy atom. The van der Waals surface area contributed by atoms with Gasteiger partial charge in [-0.1, -0.05) is 0 Å². The van der Waals surface area contributed by atoms with Crippen molar-refractivity contribution in [2.45, 2.75) is 6.92 Å². The minimum atomic E-state index is -0.702. The van der Waals surface area contributed by atoms with Crippen molar-refractivity contribution in [3.63, 3.8) is 0 Å². The normalized spacial score (nSPS) is 16.4. The summed E-state index contributed by atoms with van der Waals surface area (Å²) in [5.41, 5.74) is 8.11. The van der Waals surface area contributed by atoms with Crippen LogP contribution < -0.4 is 16.0 Å². The molecule has 6 heteroatoms. The third-order valence-electron chi connectivity index (χ3n) is 3.15. The van der Waals surface area contributed by atoms with Gasteiger partial charge in [0.15, 0.2) is 0 Å². The number of hydrogen-bond donors (Lipinski definition) is 2. The molecule has 19 heavy (non-hydrogen) atoms. The molecule has 1 aromatic carbocycles. The highest BCUT2D eigenvalue weighted by Gasteiger charge is 2.18. The van der Waals surface area contributed by atoms with E-state index < -0.39 is 10.8 Å². The lowest BCUT2D eigenvalue weighted by Gasteiger charge is -2.29. The van der Waals surface area contributed by atoms with Gasteiger partial charge in [-0.15, -0.1) is 0 Å². The fraction of sp³-hybridized carbons (Fsp3) is 0.462. The molecule has 0 radical (unpaired) electrons. The van der Waals surface area contributed by atoms with E-state index in [2.05, 4.69) is 10.2 Å². The summed E-state index contributed by atoms with van der Waals surface area (Å²) in [6.45, 7) is 3.97. The van der Waals surface area contributed by atoms with E-state index in [0.717, 1.165) is 18.8 Å². The number of carbonyl (C=O) groups excluding carboxylic acids is 1. The number of hydrogen-bond acceptors (Lipinski definition) is 4. The van der Waals surface area contributed by atoms with Gasteiger partial charge in [0.1, 0.15) is 0 Å². The Morgan fingerprint density at radius 2 is 2.11 bits per heavy atom. The quantitative estimate of drug-likeness (QED) is 0.795. The van der Waals surface area contributed by atoms with Crippen LogP contribution in [0, 0.1) is 0 Å². The van der Waals surface area contributed by atoms with Gasteiger partial charge in [-0.3, -0.25) is 9.00 Å². The van der Waals surface area contributed by atoms with E-state index in [1.807, 2.05) is 13.0 Å². The lowest BCUT2D eigenvalue weighted by atomic mass is 10.1. The summed E-state index contributed by atoms with van der Waals surface area (Å²) in [5, 5.41) is 2.75. The highest BCUT2D eigenvalue weighted by molar-refractivity contribution is 7.85. The van der Waals surface area contributed by atoms with Crippen molar-refractivity contribution in [1.82, 2.24) is 5.32 Å². The van der Waals surface area contributed by atoms with E-state index in [1.54, 1.807) is 12.1 Å². The topological polar surface area (TPSA) is 75.4 Å². The number of rotatable bonds is 3. The van der Waals surface area contributed by atoms with Crippen LogP contribution in [0.1, 0.15) is 17.3 Å². The number of carbonyl (C=O) groups is 1. The number of nitrogen functional groups attached to an aromatic ring is 1. The molecule has 5 nitrogen and oxygen atoms in total. The van der Waals surface area contributed by atoms with E-state index in [0.29, 0.717) is 29.3 Å². The lowest BCUT2D eigenvalue weighted by Crippen LogP contribution is -2.38. The largest absolute Gasteiger partial charge is 0.397 e. The second-order valence-corrected chi connectivity index (χ2v) is 6.16. The predicted molar refractivity (Wildman–Crippen MR) is 79.0 cm³/mol. The molecule has 0 unspecified atom stereocenters. The second-order valence-electron chi connectivity index (χ2n) is 4.47. The van der Waals surface area contributed by atoms with Gasteiger partial charge in [-0.05, 0) is 25.1 Å². The molecule has 0 saturated carbocycles. The first kappa shape index (κ1) is 13.9. The van der Waals surface area contributed by atoms with Gasteiger partial charge in [-0.2, -0.15) is 0 Å². The molecule has 0 bridgehead atoms. The van der Waals surface area contributed by atoms with Gasteiger partial charge in [0, 0.05) is 47.5 Å². The van der Waals surface area contributed by atoms with Gasteiger partial charge in [-0.25, -0.2) is 0 Å². The summed E-state index contributed by atoms with van der Waals surface area (Å²) >= 11 is 0. The molecule has 1 aliphatic heterocycles. The summed E-state index contributed by atoms with van der Waals surface area (Å²) in [4.78, 5) is 13.8. The molecule has 1 aliphatic rings. The van der Waals surface area contributed by atoms with Gasteiger partial charge in [0.05, 0.1) is 11.4 Å². The summed E-state index contributed by atoms with van der Waals surface area (Å²) in [7, 11) is -0.702. The number of nitrogens with two attached hydrogens (primary N) is 1. The Bertz CT molecular complexity index is 495. The Balaban J connectivity index is 2.15. The number of benzene rings is 1. The Hall–Kier alpha value is -1.56. The SMILES string of the molecule is CCNC(=O)c1ccc(N2CCS(=O)CC2)c(N)c1. The van der Waals surface area contributed by atoms with Crippen LogP contribution in [0.2, 0.25) is 0 Å². The third-order valence-corrected chi connectivity index (χ3v) is 4.42. The molecule has 1 heterocycles. The predicted octanol–water partition coefficient (Wildman–Crippen LogP) is 0.587. The number of amides is 1. The summed E-state index contributed by atoms with van der Waals surface area (Å²) in [6.07, 6.45) is 0. The molecule has 1 amide bonds. The molecule has 0 spiro atoms. The Kier molecular flexibility index (Phi) is 4.42. The first-order valence-electron chi connectivity index (χ1n) is 6.39. The molecule has 1 fully saturated rings. The minimum Gasteiger partial charge on any atom is -0.397 e. The van der Waals surface area contributed by atoms with Crippen LogP contribution in [0.15, 0.2) is 18.2 Å². The summed E-state index contributed by atoms with van der Waals surface area (Å²) in [6, 6.07) is 5.35. The van der Waals surface area contributed by atoms with E-state index >= 15 is 0 Å². The maximum Gasteiger partial charge on any atom is 0.251 e. The van der Waals surface area contributed by atoms with Crippen molar-refractivity contribution in [2.24, 2.45) is 0 Å². The summed E-state index contributed by atoms with van der Waals surface area (Å²) < 4.78 is 11.3. The monoisotopic (exact) mass is 281 g/mol. The Labute approximate surface area is 115 Å². The van der Waals surface area contributed by atoms with Crippen LogP contribution in [0.3, 0.4) is 0 Å². The van der Waals surface area contributed by atoms with Crippen molar-refractivity contribution >= 4 is 28.1 Å². The van der Waals surface area contributed by atoms with Gasteiger partial charge in [0.25, 0.3) is 5.91 Å². The highest BCUT2D eigenvalue weighted by atomic mass is 32.2. The number of anilines is 2. The molecular weight excluding hydrogens is 262 g/mol. The maximum atomic E-state index is 11.7.